The third-order valence-electron chi connectivity index (χ3n) is 3.05. The van der Waals surface area contributed by atoms with Crippen molar-refractivity contribution in [2.45, 2.75) is 39.7 Å². The molecular formula is C15H23NOS. The van der Waals surface area contributed by atoms with Crippen molar-refractivity contribution in [3.8, 4) is 0 Å². The van der Waals surface area contributed by atoms with Crippen LogP contribution in [-0.4, -0.2) is 11.8 Å². The van der Waals surface area contributed by atoms with Crippen LogP contribution in [0.4, 0.5) is 0 Å². The van der Waals surface area contributed by atoms with Crippen LogP contribution >= 0.6 is 12.2 Å². The van der Waals surface area contributed by atoms with Crippen LogP contribution in [0, 0.1) is 5.92 Å². The fourth-order valence-corrected chi connectivity index (χ4v) is 1.78. The molecule has 1 atom stereocenters. The highest BCUT2D eigenvalue weighted by atomic mass is 32.1. The van der Waals surface area contributed by atoms with Crippen molar-refractivity contribution in [2.24, 2.45) is 5.92 Å². The minimum absolute atomic E-state index is 0.503. The summed E-state index contributed by atoms with van der Waals surface area (Å²) in [5.74, 6) is 0.777. The highest BCUT2D eigenvalue weighted by molar-refractivity contribution is 7.80. The molecule has 0 bridgehead atoms. The Morgan fingerprint density at radius 1 is 1.33 bits per heavy atom. The Kier molecular flexibility index (Phi) is 7.42. The van der Waals surface area contributed by atoms with Gasteiger partial charge in [-0.3, -0.25) is 0 Å². The first kappa shape index (κ1) is 15.0. The summed E-state index contributed by atoms with van der Waals surface area (Å²) in [5.41, 5.74) is 1.21. The van der Waals surface area contributed by atoms with Crippen molar-refractivity contribution in [3.63, 3.8) is 0 Å². The smallest absolute Gasteiger partial charge is 0.256 e. The molecule has 2 nitrogen and oxygen atoms in total. The van der Waals surface area contributed by atoms with E-state index in [1.54, 1.807) is 0 Å². The van der Waals surface area contributed by atoms with Crippen LogP contribution in [0.25, 0.3) is 0 Å². The molecule has 0 aliphatic carbocycles. The van der Waals surface area contributed by atoms with E-state index in [2.05, 4.69) is 31.3 Å². The molecule has 0 aliphatic heterocycles. The summed E-state index contributed by atoms with van der Waals surface area (Å²) in [6.45, 7) is 5.93. The molecule has 1 unspecified atom stereocenters. The van der Waals surface area contributed by atoms with Gasteiger partial charge < -0.3 is 10.1 Å². The molecule has 0 amide bonds. The Morgan fingerprint density at radius 3 is 2.72 bits per heavy atom. The molecule has 0 spiro atoms. The maximum Gasteiger partial charge on any atom is 0.256 e. The number of hydrogen-bond acceptors (Lipinski definition) is 2. The Morgan fingerprint density at radius 2 is 2.06 bits per heavy atom. The molecule has 0 saturated carbocycles. The zero-order valence-electron chi connectivity index (χ0n) is 11.3. The summed E-state index contributed by atoms with van der Waals surface area (Å²) < 4.78 is 5.48. The normalized spacial score (nSPS) is 11.9. The number of hydrogen-bond donors (Lipinski definition) is 1. The number of rotatable bonds is 7. The van der Waals surface area contributed by atoms with E-state index in [-0.39, 0.29) is 0 Å². The Hall–Kier alpha value is -1.09. The average Bonchev–Trinajstić information content (AvgIpc) is 2.42. The molecule has 100 valence electrons. The first-order valence-electron chi connectivity index (χ1n) is 6.67. The van der Waals surface area contributed by atoms with Gasteiger partial charge in [-0.05, 0) is 36.5 Å². The maximum absolute atomic E-state index is 5.48. The standard InChI is InChI=1S/C15H23NOS/c1-3-13(2)8-7-11-17-15(18)16-12-14-9-5-4-6-10-14/h4-6,9-10,13H,3,7-8,11-12H2,1-2H3,(H,16,18). The second kappa shape index (κ2) is 8.92. The average molecular weight is 265 g/mol. The summed E-state index contributed by atoms with van der Waals surface area (Å²) in [7, 11) is 0. The molecular weight excluding hydrogens is 242 g/mol. The van der Waals surface area contributed by atoms with Gasteiger partial charge in [-0.2, -0.15) is 0 Å². The Balaban J connectivity index is 2.07. The third kappa shape index (κ3) is 6.60. The minimum Gasteiger partial charge on any atom is -0.471 e. The van der Waals surface area contributed by atoms with Crippen molar-refractivity contribution in [1.82, 2.24) is 5.32 Å². The van der Waals surface area contributed by atoms with E-state index in [9.17, 15) is 0 Å². The molecule has 0 fully saturated rings. The van der Waals surface area contributed by atoms with Crippen molar-refractivity contribution in [2.75, 3.05) is 6.61 Å². The maximum atomic E-state index is 5.48. The minimum atomic E-state index is 0.503. The van der Waals surface area contributed by atoms with Gasteiger partial charge in [0.15, 0.2) is 0 Å². The van der Waals surface area contributed by atoms with E-state index in [4.69, 9.17) is 17.0 Å². The van der Waals surface area contributed by atoms with Crippen LogP contribution in [0.2, 0.25) is 0 Å². The molecule has 0 radical (unpaired) electrons. The molecule has 18 heavy (non-hydrogen) atoms. The molecule has 1 aromatic carbocycles. The quantitative estimate of drug-likeness (QED) is 0.596. The lowest BCUT2D eigenvalue weighted by molar-refractivity contribution is 0.277. The Bertz CT molecular complexity index is 340. The first-order valence-corrected chi connectivity index (χ1v) is 7.07. The molecule has 3 heteroatoms. The fraction of sp³-hybridized carbons (Fsp3) is 0.533. The zero-order chi connectivity index (χ0) is 13.2. The second-order valence-corrected chi connectivity index (χ2v) is 5.00. The van der Waals surface area contributed by atoms with Gasteiger partial charge in [0.05, 0.1) is 6.61 Å². The van der Waals surface area contributed by atoms with Crippen LogP contribution in [0.3, 0.4) is 0 Å². The van der Waals surface area contributed by atoms with Crippen molar-refractivity contribution in [1.29, 1.82) is 0 Å². The lowest BCUT2D eigenvalue weighted by atomic mass is 10.0. The summed E-state index contributed by atoms with van der Waals surface area (Å²) in [5, 5.41) is 3.61. The third-order valence-corrected chi connectivity index (χ3v) is 3.31. The predicted octanol–water partition coefficient (Wildman–Crippen LogP) is 3.90. The second-order valence-electron chi connectivity index (χ2n) is 4.63. The van der Waals surface area contributed by atoms with Crippen LogP contribution in [0.5, 0.6) is 0 Å². The van der Waals surface area contributed by atoms with Crippen molar-refractivity contribution >= 4 is 17.4 Å². The number of nitrogens with one attached hydrogen (secondary N) is 1. The van der Waals surface area contributed by atoms with Crippen LogP contribution in [0.1, 0.15) is 38.7 Å². The highest BCUT2D eigenvalue weighted by Crippen LogP contribution is 2.08. The van der Waals surface area contributed by atoms with Gasteiger partial charge in [0.25, 0.3) is 5.17 Å². The van der Waals surface area contributed by atoms with E-state index < -0.39 is 0 Å². The first-order chi connectivity index (χ1) is 8.72. The fourth-order valence-electron chi connectivity index (χ4n) is 1.62. The highest BCUT2D eigenvalue weighted by Gasteiger charge is 2.00. The van der Waals surface area contributed by atoms with E-state index in [1.165, 1.54) is 18.4 Å². The number of ether oxygens (including phenoxy) is 1. The van der Waals surface area contributed by atoms with Crippen LogP contribution in [-0.2, 0) is 11.3 Å². The molecule has 0 aliphatic rings. The predicted molar refractivity (Wildman–Crippen MR) is 80.5 cm³/mol. The van der Waals surface area contributed by atoms with E-state index in [0.29, 0.717) is 11.8 Å². The number of thiocarbonyl (C=S) groups is 1. The van der Waals surface area contributed by atoms with Gasteiger partial charge >= 0.3 is 0 Å². The lowest BCUT2D eigenvalue weighted by Crippen LogP contribution is -2.23. The molecule has 0 heterocycles. The molecule has 0 aromatic heterocycles. The summed E-state index contributed by atoms with van der Waals surface area (Å²) >= 11 is 5.13. The van der Waals surface area contributed by atoms with Gasteiger partial charge in [0.2, 0.25) is 0 Å². The van der Waals surface area contributed by atoms with E-state index >= 15 is 0 Å². The van der Waals surface area contributed by atoms with Crippen LogP contribution in [0.15, 0.2) is 30.3 Å². The van der Waals surface area contributed by atoms with Crippen molar-refractivity contribution < 1.29 is 4.74 Å². The van der Waals surface area contributed by atoms with Crippen molar-refractivity contribution in [3.05, 3.63) is 35.9 Å². The molecule has 1 rings (SSSR count). The van der Waals surface area contributed by atoms with Gasteiger partial charge in [-0.15, -0.1) is 0 Å². The van der Waals surface area contributed by atoms with Crippen LogP contribution < -0.4 is 5.32 Å². The SMILES string of the molecule is CCC(C)CCCOC(=S)NCc1ccccc1. The van der Waals surface area contributed by atoms with Gasteiger partial charge in [-0.25, -0.2) is 0 Å². The monoisotopic (exact) mass is 265 g/mol. The zero-order valence-corrected chi connectivity index (χ0v) is 12.1. The largest absolute Gasteiger partial charge is 0.471 e. The van der Waals surface area contributed by atoms with Gasteiger partial charge in [-0.1, -0.05) is 50.6 Å². The molecule has 1 N–H and O–H groups in total. The summed E-state index contributed by atoms with van der Waals surface area (Å²) in [6.07, 6.45) is 3.51. The van der Waals surface area contributed by atoms with Gasteiger partial charge in [0.1, 0.15) is 0 Å². The van der Waals surface area contributed by atoms with Gasteiger partial charge in [0, 0.05) is 6.54 Å². The lowest BCUT2D eigenvalue weighted by Gasteiger charge is -2.11. The topological polar surface area (TPSA) is 21.3 Å². The van der Waals surface area contributed by atoms with E-state index in [0.717, 1.165) is 18.9 Å². The Labute approximate surface area is 116 Å². The summed E-state index contributed by atoms with van der Waals surface area (Å²) in [4.78, 5) is 0. The molecule has 0 saturated heterocycles. The molecule has 1 aromatic rings. The van der Waals surface area contributed by atoms with E-state index in [1.807, 2.05) is 18.2 Å². The summed E-state index contributed by atoms with van der Waals surface area (Å²) in [6, 6.07) is 10.2. The number of benzene rings is 1.